The van der Waals surface area contributed by atoms with Gasteiger partial charge >= 0.3 is 0 Å². The number of fused-ring (bicyclic) bond motifs is 1. The Labute approximate surface area is 100 Å². The van der Waals surface area contributed by atoms with Crippen LogP contribution in [-0.4, -0.2) is 9.55 Å². The van der Waals surface area contributed by atoms with Crippen LogP contribution in [0.1, 0.15) is 33.6 Å². The van der Waals surface area contributed by atoms with Gasteiger partial charge in [-0.25, -0.2) is 9.37 Å². The summed E-state index contributed by atoms with van der Waals surface area (Å²) >= 11 is 0. The molecule has 0 saturated heterocycles. The van der Waals surface area contributed by atoms with E-state index in [9.17, 15) is 4.39 Å². The molecule has 3 nitrogen and oxygen atoms in total. The SMILES string of the molecule is CCC(C)(CC)n1c(N)nc2c(F)cccc21. The van der Waals surface area contributed by atoms with Gasteiger partial charge in [-0.1, -0.05) is 19.9 Å². The van der Waals surface area contributed by atoms with E-state index in [1.54, 1.807) is 6.07 Å². The van der Waals surface area contributed by atoms with Gasteiger partial charge in [0.2, 0.25) is 5.95 Å². The van der Waals surface area contributed by atoms with Gasteiger partial charge in [-0.15, -0.1) is 0 Å². The third-order valence-corrected chi connectivity index (χ3v) is 3.73. The summed E-state index contributed by atoms with van der Waals surface area (Å²) in [5.74, 6) is 0.0683. The number of benzene rings is 1. The number of para-hydroxylation sites is 1. The maximum Gasteiger partial charge on any atom is 0.201 e. The molecule has 2 rings (SSSR count). The molecule has 0 aliphatic heterocycles. The van der Waals surface area contributed by atoms with Crippen molar-refractivity contribution in [2.45, 2.75) is 39.2 Å². The van der Waals surface area contributed by atoms with E-state index in [0.29, 0.717) is 11.5 Å². The van der Waals surface area contributed by atoms with E-state index in [2.05, 4.69) is 25.8 Å². The fourth-order valence-corrected chi connectivity index (χ4v) is 2.22. The van der Waals surface area contributed by atoms with Gasteiger partial charge in [0.25, 0.3) is 0 Å². The molecule has 92 valence electrons. The van der Waals surface area contributed by atoms with Crippen LogP contribution in [0.3, 0.4) is 0 Å². The number of nitrogens with two attached hydrogens (primary N) is 1. The Bertz CT molecular complexity index is 541. The van der Waals surface area contributed by atoms with Gasteiger partial charge in [-0.3, -0.25) is 0 Å². The maximum absolute atomic E-state index is 13.6. The minimum Gasteiger partial charge on any atom is -0.369 e. The Morgan fingerprint density at radius 1 is 1.35 bits per heavy atom. The molecule has 1 aromatic carbocycles. The highest BCUT2D eigenvalue weighted by molar-refractivity contribution is 5.79. The van der Waals surface area contributed by atoms with E-state index in [-0.39, 0.29) is 11.4 Å². The Morgan fingerprint density at radius 3 is 2.59 bits per heavy atom. The number of halogens is 1. The smallest absolute Gasteiger partial charge is 0.201 e. The van der Waals surface area contributed by atoms with Crippen LogP contribution in [0.5, 0.6) is 0 Å². The van der Waals surface area contributed by atoms with Gasteiger partial charge in [-0.2, -0.15) is 0 Å². The lowest BCUT2D eigenvalue weighted by atomic mass is 9.95. The lowest BCUT2D eigenvalue weighted by Crippen LogP contribution is -2.29. The molecule has 0 saturated carbocycles. The molecule has 0 atom stereocenters. The van der Waals surface area contributed by atoms with E-state index in [1.807, 2.05) is 10.6 Å². The molecule has 0 aliphatic rings. The average Bonchev–Trinajstić information content (AvgIpc) is 2.67. The molecule has 2 N–H and O–H groups in total. The van der Waals surface area contributed by atoms with E-state index in [0.717, 1.165) is 18.4 Å². The number of rotatable bonds is 3. The van der Waals surface area contributed by atoms with Crippen LogP contribution in [-0.2, 0) is 5.54 Å². The van der Waals surface area contributed by atoms with E-state index in [1.165, 1.54) is 6.07 Å². The van der Waals surface area contributed by atoms with Crippen molar-refractivity contribution >= 4 is 17.0 Å². The summed E-state index contributed by atoms with van der Waals surface area (Å²) in [4.78, 5) is 4.14. The molecular weight excluding hydrogens is 217 g/mol. The highest BCUT2D eigenvalue weighted by atomic mass is 19.1. The molecule has 4 heteroatoms. The molecule has 0 amide bonds. The summed E-state index contributed by atoms with van der Waals surface area (Å²) in [5.41, 5.74) is 6.96. The number of hydrogen-bond donors (Lipinski definition) is 1. The minimum atomic E-state index is -0.317. The average molecular weight is 235 g/mol. The van der Waals surface area contributed by atoms with Gasteiger partial charge in [0.05, 0.1) is 5.52 Å². The van der Waals surface area contributed by atoms with Crippen molar-refractivity contribution in [3.05, 3.63) is 24.0 Å². The Kier molecular flexibility index (Phi) is 2.81. The quantitative estimate of drug-likeness (QED) is 0.887. The molecule has 0 unspecified atom stereocenters. The summed E-state index contributed by atoms with van der Waals surface area (Å²) in [7, 11) is 0. The maximum atomic E-state index is 13.6. The molecule has 1 heterocycles. The zero-order valence-electron chi connectivity index (χ0n) is 10.5. The molecule has 0 spiro atoms. The number of anilines is 1. The highest BCUT2D eigenvalue weighted by Crippen LogP contribution is 2.32. The third kappa shape index (κ3) is 1.68. The number of aromatic nitrogens is 2. The number of hydrogen-bond acceptors (Lipinski definition) is 2. The molecule has 0 aliphatic carbocycles. The van der Waals surface area contributed by atoms with Crippen molar-refractivity contribution < 1.29 is 4.39 Å². The summed E-state index contributed by atoms with van der Waals surface area (Å²) < 4.78 is 15.6. The van der Waals surface area contributed by atoms with E-state index >= 15 is 0 Å². The second-order valence-electron chi connectivity index (χ2n) is 4.62. The predicted molar refractivity (Wildman–Crippen MR) is 68.3 cm³/mol. The largest absolute Gasteiger partial charge is 0.369 e. The standard InChI is InChI=1S/C13H18FN3/c1-4-13(3,5-2)17-10-8-6-7-9(14)11(10)16-12(17)15/h6-8H,4-5H2,1-3H3,(H2,15,16). The predicted octanol–water partition coefficient (Wildman–Crippen LogP) is 3.29. The van der Waals surface area contributed by atoms with Crippen molar-refractivity contribution in [2.75, 3.05) is 5.73 Å². The normalized spacial score (nSPS) is 12.2. The van der Waals surface area contributed by atoms with Crippen LogP contribution >= 0.6 is 0 Å². The van der Waals surface area contributed by atoms with Gasteiger partial charge < -0.3 is 10.3 Å². The first-order chi connectivity index (χ1) is 8.03. The number of nitrogens with zero attached hydrogens (tertiary/aromatic N) is 2. The lowest BCUT2D eigenvalue weighted by Gasteiger charge is -2.30. The monoisotopic (exact) mass is 235 g/mol. The Balaban J connectivity index is 2.77. The molecular formula is C13H18FN3. The fraction of sp³-hybridized carbons (Fsp3) is 0.462. The summed E-state index contributed by atoms with van der Waals surface area (Å²) in [6, 6.07) is 4.97. The van der Waals surface area contributed by atoms with Crippen molar-refractivity contribution in [1.82, 2.24) is 9.55 Å². The molecule has 2 aromatic rings. The number of imidazole rings is 1. The van der Waals surface area contributed by atoms with Crippen molar-refractivity contribution in [3.63, 3.8) is 0 Å². The van der Waals surface area contributed by atoms with Gasteiger partial charge in [-0.05, 0) is 31.9 Å². The van der Waals surface area contributed by atoms with Crippen molar-refractivity contribution in [2.24, 2.45) is 0 Å². The van der Waals surface area contributed by atoms with E-state index in [4.69, 9.17) is 5.73 Å². The fourth-order valence-electron chi connectivity index (χ4n) is 2.22. The zero-order chi connectivity index (χ0) is 12.6. The first kappa shape index (κ1) is 11.9. The second-order valence-corrected chi connectivity index (χ2v) is 4.62. The van der Waals surface area contributed by atoms with Gasteiger partial charge in [0.15, 0.2) is 5.82 Å². The topological polar surface area (TPSA) is 43.8 Å². The second kappa shape index (κ2) is 4.02. The summed E-state index contributed by atoms with van der Waals surface area (Å²) in [6.07, 6.45) is 1.85. The van der Waals surface area contributed by atoms with Crippen LogP contribution < -0.4 is 5.73 Å². The molecule has 0 bridgehead atoms. The Hall–Kier alpha value is -1.58. The third-order valence-electron chi connectivity index (χ3n) is 3.73. The molecule has 0 fully saturated rings. The van der Waals surface area contributed by atoms with Crippen molar-refractivity contribution in [1.29, 1.82) is 0 Å². The zero-order valence-corrected chi connectivity index (χ0v) is 10.5. The lowest BCUT2D eigenvalue weighted by molar-refractivity contribution is 0.307. The summed E-state index contributed by atoms with van der Waals surface area (Å²) in [6.45, 7) is 6.33. The van der Waals surface area contributed by atoms with Gasteiger partial charge in [0.1, 0.15) is 5.52 Å². The molecule has 0 radical (unpaired) electrons. The van der Waals surface area contributed by atoms with Crippen LogP contribution in [0.2, 0.25) is 0 Å². The van der Waals surface area contributed by atoms with E-state index < -0.39 is 0 Å². The van der Waals surface area contributed by atoms with Crippen LogP contribution in [0, 0.1) is 5.82 Å². The van der Waals surface area contributed by atoms with Crippen molar-refractivity contribution in [3.8, 4) is 0 Å². The molecule has 1 aromatic heterocycles. The van der Waals surface area contributed by atoms with Gasteiger partial charge in [0, 0.05) is 5.54 Å². The number of nitrogen functional groups attached to an aromatic ring is 1. The van der Waals surface area contributed by atoms with Crippen LogP contribution in [0.4, 0.5) is 10.3 Å². The minimum absolute atomic E-state index is 0.118. The molecule has 17 heavy (non-hydrogen) atoms. The highest BCUT2D eigenvalue weighted by Gasteiger charge is 2.27. The van der Waals surface area contributed by atoms with Crippen LogP contribution in [0.25, 0.3) is 11.0 Å². The first-order valence-corrected chi connectivity index (χ1v) is 5.96. The Morgan fingerprint density at radius 2 is 2.00 bits per heavy atom. The van der Waals surface area contributed by atoms with Crippen LogP contribution in [0.15, 0.2) is 18.2 Å². The summed E-state index contributed by atoms with van der Waals surface area (Å²) in [5, 5.41) is 0. The first-order valence-electron chi connectivity index (χ1n) is 5.96.